The van der Waals surface area contributed by atoms with Crippen molar-refractivity contribution in [3.63, 3.8) is 0 Å². The molecule has 0 spiro atoms. The number of methoxy groups -OCH3 is 1. The van der Waals surface area contributed by atoms with Crippen LogP contribution < -0.4 is 10.2 Å². The Morgan fingerprint density at radius 1 is 1.40 bits per heavy atom. The van der Waals surface area contributed by atoms with Crippen LogP contribution in [0.2, 0.25) is 0 Å². The predicted octanol–water partition coefficient (Wildman–Crippen LogP) is 2.40. The highest BCUT2D eigenvalue weighted by Gasteiger charge is 2.34. The third-order valence-electron chi connectivity index (χ3n) is 2.80. The molecule has 114 valence electrons. The maximum atomic E-state index is 12.8. The van der Waals surface area contributed by atoms with E-state index in [9.17, 15) is 13.2 Å². The summed E-state index contributed by atoms with van der Waals surface area (Å²) in [7, 11) is 3.03. The molecule has 0 aliphatic carbocycles. The molecule has 0 fully saturated rings. The molecule has 1 N–H and O–H groups in total. The molecule has 8 heteroatoms. The molecule has 1 rings (SSSR count). The van der Waals surface area contributed by atoms with Crippen molar-refractivity contribution < 1.29 is 17.9 Å². The van der Waals surface area contributed by atoms with Gasteiger partial charge in [0, 0.05) is 26.8 Å². The van der Waals surface area contributed by atoms with Gasteiger partial charge in [-0.1, -0.05) is 0 Å². The van der Waals surface area contributed by atoms with Crippen LogP contribution in [0.3, 0.4) is 0 Å². The van der Waals surface area contributed by atoms with Crippen molar-refractivity contribution in [2.45, 2.75) is 26.1 Å². The molecule has 0 aromatic carbocycles. The lowest BCUT2D eigenvalue weighted by molar-refractivity contribution is -0.141. The first-order valence-electron chi connectivity index (χ1n) is 6.23. The Balaban J connectivity index is 3.21. The zero-order chi connectivity index (χ0) is 15.3. The minimum atomic E-state index is -4.51. The fraction of sp³-hybridized carbons (Fsp3) is 0.667. The van der Waals surface area contributed by atoms with Crippen molar-refractivity contribution in [3.8, 4) is 0 Å². The van der Waals surface area contributed by atoms with Gasteiger partial charge in [-0.3, -0.25) is 0 Å². The van der Waals surface area contributed by atoms with E-state index in [1.54, 1.807) is 12.0 Å². The molecule has 20 heavy (non-hydrogen) atoms. The van der Waals surface area contributed by atoms with Gasteiger partial charge in [0.05, 0.1) is 12.6 Å². The molecule has 0 saturated heterocycles. The molecule has 1 aromatic rings. The number of ether oxygens (including phenoxy) is 1. The fourth-order valence-corrected chi connectivity index (χ4v) is 1.87. The minimum Gasteiger partial charge on any atom is -0.383 e. The number of likely N-dealkylation sites (N-methyl/N-ethyl adjacent to an activating group) is 1. The van der Waals surface area contributed by atoms with E-state index in [0.717, 1.165) is 6.07 Å². The second-order valence-corrected chi connectivity index (χ2v) is 4.27. The summed E-state index contributed by atoms with van der Waals surface area (Å²) in [6.45, 7) is 4.62. The molecule has 1 aromatic heterocycles. The average molecular weight is 292 g/mol. The summed E-state index contributed by atoms with van der Waals surface area (Å²) in [4.78, 5) is 9.27. The van der Waals surface area contributed by atoms with Crippen LogP contribution in [0.1, 0.15) is 19.5 Å². The third kappa shape index (κ3) is 3.96. The van der Waals surface area contributed by atoms with Crippen LogP contribution in [0, 0.1) is 0 Å². The molecular weight excluding hydrogens is 273 g/mol. The molecule has 5 nitrogen and oxygen atoms in total. The van der Waals surface area contributed by atoms with Crippen molar-refractivity contribution in [1.29, 1.82) is 0 Å². The molecule has 0 radical (unpaired) electrons. The van der Waals surface area contributed by atoms with Crippen LogP contribution in [0.5, 0.6) is 0 Å². The molecule has 1 atom stereocenters. The maximum absolute atomic E-state index is 12.8. The zero-order valence-electron chi connectivity index (χ0n) is 12.0. The Morgan fingerprint density at radius 3 is 2.50 bits per heavy atom. The predicted molar refractivity (Wildman–Crippen MR) is 70.9 cm³/mol. The zero-order valence-corrected chi connectivity index (χ0v) is 12.0. The lowest BCUT2D eigenvalue weighted by Crippen LogP contribution is -2.37. The van der Waals surface area contributed by atoms with E-state index < -0.39 is 11.9 Å². The largest absolute Gasteiger partial charge is 0.433 e. The Morgan fingerprint density at radius 2 is 2.05 bits per heavy atom. The number of hydrogen-bond acceptors (Lipinski definition) is 5. The van der Waals surface area contributed by atoms with Gasteiger partial charge in [-0.25, -0.2) is 4.98 Å². The summed E-state index contributed by atoms with van der Waals surface area (Å²) in [5.41, 5.74) is -0.963. The smallest absolute Gasteiger partial charge is 0.383 e. The van der Waals surface area contributed by atoms with Gasteiger partial charge in [0.15, 0.2) is 5.69 Å². The Hall–Kier alpha value is -1.57. The van der Waals surface area contributed by atoms with Gasteiger partial charge in [-0.2, -0.15) is 18.2 Å². The minimum absolute atomic E-state index is 0.0575. The molecule has 0 aliphatic rings. The van der Waals surface area contributed by atoms with E-state index in [2.05, 4.69) is 15.3 Å². The van der Waals surface area contributed by atoms with Crippen LogP contribution in [0.15, 0.2) is 6.07 Å². The number of halogens is 3. The topological polar surface area (TPSA) is 50.3 Å². The molecular formula is C12H19F3N4O. The summed E-state index contributed by atoms with van der Waals surface area (Å²) >= 11 is 0. The summed E-state index contributed by atoms with van der Waals surface area (Å²) in [5.74, 6) is 0.168. The molecule has 0 saturated carbocycles. The third-order valence-corrected chi connectivity index (χ3v) is 2.80. The first-order chi connectivity index (χ1) is 9.33. The SMILES string of the molecule is CCN(c1cc(C(F)(F)F)nc(NC)n1)C(C)COC. The molecule has 0 bridgehead atoms. The van der Waals surface area contributed by atoms with E-state index in [0.29, 0.717) is 13.2 Å². The fourth-order valence-electron chi connectivity index (χ4n) is 1.87. The number of hydrogen-bond donors (Lipinski definition) is 1. The average Bonchev–Trinajstić information content (AvgIpc) is 2.38. The van der Waals surface area contributed by atoms with Crippen LogP contribution in [-0.2, 0) is 10.9 Å². The number of nitrogens with one attached hydrogen (secondary N) is 1. The van der Waals surface area contributed by atoms with Crippen LogP contribution in [-0.4, -0.2) is 43.3 Å². The first-order valence-corrected chi connectivity index (χ1v) is 6.23. The van der Waals surface area contributed by atoms with Crippen molar-refractivity contribution in [3.05, 3.63) is 11.8 Å². The van der Waals surface area contributed by atoms with Gasteiger partial charge in [0.1, 0.15) is 5.82 Å². The van der Waals surface area contributed by atoms with Gasteiger partial charge in [0.25, 0.3) is 0 Å². The highest BCUT2D eigenvalue weighted by Crippen LogP contribution is 2.30. The Kier molecular flexibility index (Phi) is 5.55. The van der Waals surface area contributed by atoms with Gasteiger partial charge in [-0.05, 0) is 13.8 Å². The van der Waals surface area contributed by atoms with Crippen molar-refractivity contribution in [2.24, 2.45) is 0 Å². The highest BCUT2D eigenvalue weighted by molar-refractivity contribution is 5.46. The number of alkyl halides is 3. The van der Waals surface area contributed by atoms with Crippen molar-refractivity contribution >= 4 is 11.8 Å². The summed E-state index contributed by atoms with van der Waals surface area (Å²) in [6, 6.07) is 0.863. The number of nitrogens with zero attached hydrogens (tertiary/aromatic N) is 3. The lowest BCUT2D eigenvalue weighted by atomic mass is 10.2. The van der Waals surface area contributed by atoms with Gasteiger partial charge in [0.2, 0.25) is 5.95 Å². The quantitative estimate of drug-likeness (QED) is 0.872. The van der Waals surface area contributed by atoms with E-state index in [1.807, 2.05) is 13.8 Å². The van der Waals surface area contributed by atoms with Gasteiger partial charge < -0.3 is 15.0 Å². The van der Waals surface area contributed by atoms with E-state index >= 15 is 0 Å². The second-order valence-electron chi connectivity index (χ2n) is 4.27. The van der Waals surface area contributed by atoms with Gasteiger partial charge >= 0.3 is 6.18 Å². The Bertz CT molecular complexity index is 439. The summed E-state index contributed by atoms with van der Waals surface area (Å²) < 4.78 is 43.6. The standard InChI is InChI=1S/C12H19F3N4O/c1-5-19(8(2)7-20-4)10-6-9(12(13,14)15)17-11(16-3)18-10/h6,8H,5,7H2,1-4H3,(H,16,17,18). The number of anilines is 2. The maximum Gasteiger partial charge on any atom is 0.433 e. The van der Waals surface area contributed by atoms with Crippen molar-refractivity contribution in [1.82, 2.24) is 9.97 Å². The number of rotatable bonds is 6. The van der Waals surface area contributed by atoms with E-state index in [4.69, 9.17) is 4.74 Å². The molecule has 1 heterocycles. The van der Waals surface area contributed by atoms with Crippen LogP contribution >= 0.6 is 0 Å². The molecule has 1 unspecified atom stereocenters. The number of aromatic nitrogens is 2. The second kappa shape index (κ2) is 6.74. The van der Waals surface area contributed by atoms with E-state index in [1.165, 1.54) is 7.05 Å². The summed E-state index contributed by atoms with van der Waals surface area (Å²) in [6.07, 6.45) is -4.51. The summed E-state index contributed by atoms with van der Waals surface area (Å²) in [5, 5.41) is 2.55. The van der Waals surface area contributed by atoms with Crippen LogP contribution in [0.4, 0.5) is 24.9 Å². The van der Waals surface area contributed by atoms with Gasteiger partial charge in [-0.15, -0.1) is 0 Å². The van der Waals surface area contributed by atoms with Crippen molar-refractivity contribution in [2.75, 3.05) is 37.5 Å². The monoisotopic (exact) mass is 292 g/mol. The molecule has 0 aliphatic heterocycles. The molecule has 0 amide bonds. The highest BCUT2D eigenvalue weighted by atomic mass is 19.4. The Labute approximate surface area is 116 Å². The van der Waals surface area contributed by atoms with E-state index in [-0.39, 0.29) is 17.8 Å². The lowest BCUT2D eigenvalue weighted by Gasteiger charge is -2.29. The van der Waals surface area contributed by atoms with Crippen LogP contribution in [0.25, 0.3) is 0 Å². The first kappa shape index (κ1) is 16.5. The normalized spacial score (nSPS) is 13.2.